The largest absolute Gasteiger partial charge is 0.325 e. The van der Waals surface area contributed by atoms with Crippen molar-refractivity contribution in [2.75, 3.05) is 5.32 Å². The van der Waals surface area contributed by atoms with E-state index in [2.05, 4.69) is 20.1 Å². The highest BCUT2D eigenvalue weighted by atomic mass is 35.5. The number of aryl methyl sites for hydroxylation is 1. The summed E-state index contributed by atoms with van der Waals surface area (Å²) in [5.41, 5.74) is 7.30. The number of hydrogen-bond donors (Lipinski definition) is 2. The molecule has 2 heterocycles. The lowest BCUT2D eigenvalue weighted by atomic mass is 10.2. The first-order chi connectivity index (χ1) is 10.6. The molecule has 1 amide bonds. The van der Waals surface area contributed by atoms with Crippen LogP contribution >= 0.6 is 12.4 Å². The zero-order chi connectivity index (χ0) is 15.5. The quantitative estimate of drug-likeness (QED) is 0.901. The second kappa shape index (κ2) is 7.57. The minimum absolute atomic E-state index is 0. The Morgan fingerprint density at radius 2 is 1.96 bits per heavy atom. The zero-order valence-corrected chi connectivity index (χ0v) is 14.0. The lowest BCUT2D eigenvalue weighted by Gasteiger charge is -2.09. The molecule has 3 rings (SSSR count). The Labute approximate surface area is 141 Å². The second-order valence-electron chi connectivity index (χ2n) is 5.76. The van der Waals surface area contributed by atoms with Crippen molar-refractivity contribution in [3.05, 3.63) is 30.1 Å². The molecule has 3 N–H and O–H groups in total. The fourth-order valence-corrected chi connectivity index (χ4v) is 2.66. The normalized spacial score (nSPS) is 15.0. The summed E-state index contributed by atoms with van der Waals surface area (Å²) in [4.78, 5) is 11.6. The Morgan fingerprint density at radius 3 is 2.65 bits per heavy atom. The number of nitrogens with one attached hydrogen (secondary N) is 1. The average molecular weight is 336 g/mol. The number of aromatic nitrogens is 3. The maximum absolute atomic E-state index is 11.6. The SMILES string of the molecule is CC(N)C(=O)Nc1ccc(-c2nnc3n2CCCCC3)cc1.Cl. The first-order valence-corrected chi connectivity index (χ1v) is 7.74. The summed E-state index contributed by atoms with van der Waals surface area (Å²) in [5, 5.41) is 11.4. The van der Waals surface area contributed by atoms with E-state index in [1.54, 1.807) is 6.92 Å². The highest BCUT2D eigenvalue weighted by Gasteiger charge is 2.16. The van der Waals surface area contributed by atoms with Gasteiger partial charge in [0.15, 0.2) is 5.82 Å². The third-order valence-corrected chi connectivity index (χ3v) is 3.93. The van der Waals surface area contributed by atoms with Gasteiger partial charge < -0.3 is 15.6 Å². The number of carbonyl (C=O) groups excluding carboxylic acids is 1. The molecule has 1 aliphatic heterocycles. The van der Waals surface area contributed by atoms with Crippen molar-refractivity contribution >= 4 is 24.0 Å². The predicted molar refractivity (Wildman–Crippen MR) is 92.5 cm³/mol. The first-order valence-electron chi connectivity index (χ1n) is 7.74. The van der Waals surface area contributed by atoms with Gasteiger partial charge in [-0.05, 0) is 44.0 Å². The number of amides is 1. The molecule has 1 atom stereocenters. The molecule has 1 unspecified atom stereocenters. The molecule has 6 nitrogen and oxygen atoms in total. The number of benzene rings is 1. The fraction of sp³-hybridized carbons (Fsp3) is 0.438. The van der Waals surface area contributed by atoms with Crippen LogP contribution in [0.1, 0.15) is 32.0 Å². The molecule has 0 spiro atoms. The van der Waals surface area contributed by atoms with E-state index < -0.39 is 6.04 Å². The molecule has 124 valence electrons. The molecule has 0 radical (unpaired) electrons. The molecule has 0 fully saturated rings. The van der Waals surface area contributed by atoms with Gasteiger partial charge in [-0.1, -0.05) is 6.42 Å². The van der Waals surface area contributed by atoms with Crippen LogP contribution in [-0.4, -0.2) is 26.7 Å². The molecular weight excluding hydrogens is 314 g/mol. The molecule has 7 heteroatoms. The Kier molecular flexibility index (Phi) is 5.74. The lowest BCUT2D eigenvalue weighted by molar-refractivity contribution is -0.117. The van der Waals surface area contributed by atoms with Crippen molar-refractivity contribution in [3.8, 4) is 11.4 Å². The van der Waals surface area contributed by atoms with Gasteiger partial charge in [-0.15, -0.1) is 22.6 Å². The van der Waals surface area contributed by atoms with E-state index in [4.69, 9.17) is 5.73 Å². The van der Waals surface area contributed by atoms with Gasteiger partial charge in [-0.3, -0.25) is 4.79 Å². The smallest absolute Gasteiger partial charge is 0.240 e. The van der Waals surface area contributed by atoms with Crippen molar-refractivity contribution in [3.63, 3.8) is 0 Å². The minimum Gasteiger partial charge on any atom is -0.325 e. The van der Waals surface area contributed by atoms with E-state index >= 15 is 0 Å². The maximum Gasteiger partial charge on any atom is 0.240 e. The summed E-state index contributed by atoms with van der Waals surface area (Å²) in [6.07, 6.45) is 4.58. The molecule has 1 aromatic carbocycles. The van der Waals surface area contributed by atoms with Gasteiger partial charge in [0.05, 0.1) is 6.04 Å². The summed E-state index contributed by atoms with van der Waals surface area (Å²) in [6, 6.07) is 7.13. The van der Waals surface area contributed by atoms with Crippen LogP contribution in [0.3, 0.4) is 0 Å². The van der Waals surface area contributed by atoms with E-state index in [1.807, 2.05) is 24.3 Å². The van der Waals surface area contributed by atoms with Gasteiger partial charge in [0.2, 0.25) is 5.91 Å². The standard InChI is InChI=1S/C16H21N5O.ClH/c1-11(17)16(22)18-13-8-6-12(7-9-13)15-20-19-14-5-3-2-4-10-21(14)15;/h6-9,11H,2-5,10,17H2,1H3,(H,18,22);1H. The summed E-state index contributed by atoms with van der Waals surface area (Å²) in [5.74, 6) is 1.79. The highest BCUT2D eigenvalue weighted by Crippen LogP contribution is 2.23. The van der Waals surface area contributed by atoms with Crippen molar-refractivity contribution in [2.45, 2.75) is 45.2 Å². The number of rotatable bonds is 3. The van der Waals surface area contributed by atoms with Gasteiger partial charge in [0, 0.05) is 24.2 Å². The lowest BCUT2D eigenvalue weighted by Crippen LogP contribution is -2.32. The number of fused-ring (bicyclic) bond motifs is 1. The van der Waals surface area contributed by atoms with Crippen LogP contribution in [0.5, 0.6) is 0 Å². The predicted octanol–water partition coefficient (Wildman–Crippen LogP) is 2.38. The number of nitrogens with zero attached hydrogens (tertiary/aromatic N) is 3. The third-order valence-electron chi connectivity index (χ3n) is 3.93. The molecule has 23 heavy (non-hydrogen) atoms. The van der Waals surface area contributed by atoms with Gasteiger partial charge >= 0.3 is 0 Å². The fourth-order valence-electron chi connectivity index (χ4n) is 2.66. The molecule has 0 saturated heterocycles. The van der Waals surface area contributed by atoms with E-state index in [9.17, 15) is 4.79 Å². The Hall–Kier alpha value is -1.92. The summed E-state index contributed by atoms with van der Waals surface area (Å²) in [6.45, 7) is 2.63. The van der Waals surface area contributed by atoms with Crippen molar-refractivity contribution in [1.29, 1.82) is 0 Å². The van der Waals surface area contributed by atoms with Crippen LogP contribution in [0.4, 0.5) is 5.69 Å². The van der Waals surface area contributed by atoms with Crippen LogP contribution in [0.2, 0.25) is 0 Å². The van der Waals surface area contributed by atoms with Gasteiger partial charge in [0.25, 0.3) is 0 Å². The van der Waals surface area contributed by atoms with Crippen LogP contribution in [-0.2, 0) is 17.8 Å². The van der Waals surface area contributed by atoms with Gasteiger partial charge in [-0.25, -0.2) is 0 Å². The van der Waals surface area contributed by atoms with E-state index in [0.717, 1.165) is 35.9 Å². The highest BCUT2D eigenvalue weighted by molar-refractivity contribution is 5.94. The van der Waals surface area contributed by atoms with Crippen LogP contribution < -0.4 is 11.1 Å². The summed E-state index contributed by atoms with van der Waals surface area (Å²) in [7, 11) is 0. The molecule has 2 aromatic rings. The average Bonchev–Trinajstić information content (AvgIpc) is 2.76. The van der Waals surface area contributed by atoms with Gasteiger partial charge in [0.1, 0.15) is 5.82 Å². The summed E-state index contributed by atoms with van der Waals surface area (Å²) < 4.78 is 2.21. The summed E-state index contributed by atoms with van der Waals surface area (Å²) >= 11 is 0. The monoisotopic (exact) mass is 335 g/mol. The molecule has 1 aliphatic rings. The van der Waals surface area contributed by atoms with Crippen LogP contribution in [0.25, 0.3) is 11.4 Å². The molecular formula is C16H22ClN5O. The maximum atomic E-state index is 11.6. The Balaban J connectivity index is 0.00000192. The number of anilines is 1. The zero-order valence-electron chi connectivity index (χ0n) is 13.2. The molecule has 0 saturated carbocycles. The van der Waals surface area contributed by atoms with E-state index in [1.165, 1.54) is 19.3 Å². The number of carbonyl (C=O) groups is 1. The first kappa shape index (κ1) is 17.4. The van der Waals surface area contributed by atoms with Crippen molar-refractivity contribution < 1.29 is 4.79 Å². The van der Waals surface area contributed by atoms with Crippen molar-refractivity contribution in [1.82, 2.24) is 14.8 Å². The van der Waals surface area contributed by atoms with Crippen molar-refractivity contribution in [2.24, 2.45) is 5.73 Å². The Bertz CT molecular complexity index is 666. The van der Waals surface area contributed by atoms with E-state index in [0.29, 0.717) is 0 Å². The van der Waals surface area contributed by atoms with Crippen LogP contribution in [0, 0.1) is 0 Å². The topological polar surface area (TPSA) is 85.8 Å². The third kappa shape index (κ3) is 3.89. The Morgan fingerprint density at radius 1 is 1.22 bits per heavy atom. The van der Waals surface area contributed by atoms with Crippen LogP contribution in [0.15, 0.2) is 24.3 Å². The minimum atomic E-state index is -0.521. The number of halogens is 1. The second-order valence-corrected chi connectivity index (χ2v) is 5.76. The molecule has 1 aromatic heterocycles. The molecule has 0 aliphatic carbocycles. The molecule has 0 bridgehead atoms. The van der Waals surface area contributed by atoms with Gasteiger partial charge in [-0.2, -0.15) is 0 Å². The number of hydrogen-bond acceptors (Lipinski definition) is 4. The number of nitrogens with two attached hydrogens (primary N) is 1. The van der Waals surface area contributed by atoms with E-state index in [-0.39, 0.29) is 18.3 Å².